The van der Waals surface area contributed by atoms with Gasteiger partial charge in [-0.15, -0.1) is 0 Å². The van der Waals surface area contributed by atoms with E-state index in [1.165, 1.54) is 6.92 Å². The maximum Gasteiger partial charge on any atom is 0.307 e. The van der Waals surface area contributed by atoms with Gasteiger partial charge in [-0.2, -0.15) is 0 Å². The molecule has 1 aromatic rings. The smallest absolute Gasteiger partial charge is 0.307 e. The van der Waals surface area contributed by atoms with Crippen molar-refractivity contribution in [2.45, 2.75) is 47.5 Å². The van der Waals surface area contributed by atoms with Gasteiger partial charge < -0.3 is 9.64 Å². The lowest BCUT2D eigenvalue weighted by atomic mass is 9.91. The van der Waals surface area contributed by atoms with Crippen LogP contribution in [0.15, 0.2) is 29.5 Å². The minimum absolute atomic E-state index is 0.0592. The highest BCUT2D eigenvalue weighted by molar-refractivity contribution is 6.32. The Morgan fingerprint density at radius 3 is 2.32 bits per heavy atom. The summed E-state index contributed by atoms with van der Waals surface area (Å²) in [5.74, 6) is 0.144. The summed E-state index contributed by atoms with van der Waals surface area (Å²) in [6, 6.07) is 4.08. The molecule has 1 aromatic carbocycles. The van der Waals surface area contributed by atoms with Gasteiger partial charge in [0.25, 0.3) is 0 Å². The number of ketones is 1. The van der Waals surface area contributed by atoms with Crippen molar-refractivity contribution in [3.63, 3.8) is 0 Å². The van der Waals surface area contributed by atoms with Crippen molar-refractivity contribution in [2.75, 3.05) is 13.1 Å². The molecule has 1 amide bonds. The number of likely N-dealkylation sites (tertiary alicyclic amines) is 1. The van der Waals surface area contributed by atoms with E-state index in [0.717, 1.165) is 28.7 Å². The number of nitrogens with zero attached hydrogens (tertiary/aromatic N) is 1. The molecular formula is C23H27NO4. The molecule has 5 nitrogen and oxygen atoms in total. The lowest BCUT2D eigenvalue weighted by Crippen LogP contribution is -2.25. The van der Waals surface area contributed by atoms with Crippen molar-refractivity contribution in [3.8, 4) is 0 Å². The molecule has 2 aliphatic rings. The Balaban J connectivity index is 1.98. The van der Waals surface area contributed by atoms with Crippen molar-refractivity contribution in [2.24, 2.45) is 5.92 Å². The zero-order chi connectivity index (χ0) is 20.6. The number of ether oxygens (including phenoxy) is 1. The second-order valence-corrected chi connectivity index (χ2v) is 7.88. The van der Waals surface area contributed by atoms with Crippen LogP contribution < -0.4 is 0 Å². The van der Waals surface area contributed by atoms with Gasteiger partial charge in [-0.05, 0) is 49.8 Å². The number of aryl methyl sites for hydroxylation is 3. The number of esters is 1. The zero-order valence-corrected chi connectivity index (χ0v) is 17.2. The Labute approximate surface area is 166 Å². The summed E-state index contributed by atoms with van der Waals surface area (Å²) in [4.78, 5) is 38.3. The predicted octanol–water partition coefficient (Wildman–Crippen LogP) is 3.65. The molecule has 1 heterocycles. The van der Waals surface area contributed by atoms with E-state index in [4.69, 9.17) is 4.74 Å². The third-order valence-electron chi connectivity index (χ3n) is 5.45. The van der Waals surface area contributed by atoms with Crippen LogP contribution in [-0.2, 0) is 19.1 Å². The van der Waals surface area contributed by atoms with Gasteiger partial charge in [-0.3, -0.25) is 14.4 Å². The number of rotatable bonds is 3. The van der Waals surface area contributed by atoms with E-state index in [1.54, 1.807) is 11.8 Å². The SMILES string of the molecule is CC(=O)OC1=C(c2c(C)cc(C)cc2C)C(=O)C(=CC2CCN(C(C)=O)C2)C1. The molecule has 1 saturated heterocycles. The molecule has 5 heteroatoms. The topological polar surface area (TPSA) is 63.7 Å². The standard InChI is InChI=1S/C23H27NO4/c1-13-8-14(2)21(15(3)9-13)22-20(28-17(5)26)11-19(23(22)27)10-18-6-7-24(12-18)16(4)25/h8-10,18H,6-7,11-12H2,1-5H3. The normalized spacial score (nSPS) is 21.0. The van der Waals surface area contributed by atoms with E-state index in [0.29, 0.717) is 36.4 Å². The van der Waals surface area contributed by atoms with E-state index < -0.39 is 5.97 Å². The van der Waals surface area contributed by atoms with Crippen LogP contribution >= 0.6 is 0 Å². The second kappa shape index (κ2) is 7.74. The molecule has 0 saturated carbocycles. The lowest BCUT2D eigenvalue weighted by Gasteiger charge is -2.13. The quantitative estimate of drug-likeness (QED) is 0.592. The first-order valence-corrected chi connectivity index (χ1v) is 9.68. The largest absolute Gasteiger partial charge is 0.430 e. The molecule has 1 unspecified atom stereocenters. The Morgan fingerprint density at radius 1 is 1.14 bits per heavy atom. The maximum absolute atomic E-state index is 13.3. The van der Waals surface area contributed by atoms with E-state index in [-0.39, 0.29) is 17.6 Å². The molecule has 0 bridgehead atoms. The van der Waals surface area contributed by atoms with Gasteiger partial charge in [0.2, 0.25) is 5.91 Å². The fourth-order valence-corrected chi connectivity index (χ4v) is 4.35. The molecule has 1 fully saturated rings. The average Bonchev–Trinajstić information content (AvgIpc) is 3.14. The number of carbonyl (C=O) groups is 3. The molecule has 1 atom stereocenters. The van der Waals surface area contributed by atoms with Crippen LogP contribution in [0.2, 0.25) is 0 Å². The summed E-state index contributed by atoms with van der Waals surface area (Å²) in [5.41, 5.74) is 5.13. The molecular weight excluding hydrogens is 354 g/mol. The molecule has 0 spiro atoms. The van der Waals surface area contributed by atoms with E-state index >= 15 is 0 Å². The van der Waals surface area contributed by atoms with Gasteiger partial charge in [0.1, 0.15) is 5.76 Å². The van der Waals surface area contributed by atoms with E-state index in [9.17, 15) is 14.4 Å². The van der Waals surface area contributed by atoms with Crippen LogP contribution in [0.4, 0.5) is 0 Å². The fourth-order valence-electron chi connectivity index (χ4n) is 4.35. The number of Topliss-reactive ketones (excluding diaryl/α,β-unsaturated/α-hetero) is 1. The summed E-state index contributed by atoms with van der Waals surface area (Å²) in [5, 5.41) is 0. The van der Waals surface area contributed by atoms with Crippen LogP contribution in [0, 0.1) is 26.7 Å². The van der Waals surface area contributed by atoms with Crippen molar-refractivity contribution < 1.29 is 19.1 Å². The zero-order valence-electron chi connectivity index (χ0n) is 17.2. The predicted molar refractivity (Wildman–Crippen MR) is 107 cm³/mol. The molecule has 148 valence electrons. The van der Waals surface area contributed by atoms with Gasteiger partial charge in [-0.25, -0.2) is 0 Å². The average molecular weight is 381 g/mol. The number of allylic oxidation sites excluding steroid dienone is 2. The Morgan fingerprint density at radius 2 is 1.79 bits per heavy atom. The van der Waals surface area contributed by atoms with Crippen LogP contribution in [0.1, 0.15) is 48.9 Å². The van der Waals surface area contributed by atoms with Crippen molar-refractivity contribution in [1.29, 1.82) is 0 Å². The van der Waals surface area contributed by atoms with Gasteiger partial charge in [0.15, 0.2) is 5.78 Å². The first kappa shape index (κ1) is 20.1. The Bertz CT molecular complexity index is 900. The van der Waals surface area contributed by atoms with Crippen molar-refractivity contribution >= 4 is 23.2 Å². The van der Waals surface area contributed by atoms with Crippen LogP contribution in [0.5, 0.6) is 0 Å². The first-order valence-electron chi connectivity index (χ1n) is 9.68. The highest BCUT2D eigenvalue weighted by Crippen LogP contribution is 2.39. The van der Waals surface area contributed by atoms with Crippen LogP contribution in [-0.4, -0.2) is 35.6 Å². The first-order chi connectivity index (χ1) is 13.2. The van der Waals surface area contributed by atoms with Gasteiger partial charge in [0, 0.05) is 38.9 Å². The van der Waals surface area contributed by atoms with Gasteiger partial charge >= 0.3 is 5.97 Å². The fraction of sp³-hybridized carbons (Fsp3) is 0.435. The Hall–Kier alpha value is -2.69. The Kier molecular flexibility index (Phi) is 5.54. The number of hydrogen-bond acceptors (Lipinski definition) is 4. The van der Waals surface area contributed by atoms with Crippen molar-refractivity contribution in [3.05, 3.63) is 51.8 Å². The number of benzene rings is 1. The molecule has 28 heavy (non-hydrogen) atoms. The third-order valence-corrected chi connectivity index (χ3v) is 5.45. The summed E-state index contributed by atoms with van der Waals surface area (Å²) in [6.45, 7) is 10.2. The number of carbonyl (C=O) groups excluding carboxylic acids is 3. The van der Waals surface area contributed by atoms with E-state index in [1.807, 2.05) is 39.0 Å². The van der Waals surface area contributed by atoms with E-state index in [2.05, 4.69) is 0 Å². The van der Waals surface area contributed by atoms with Gasteiger partial charge in [-0.1, -0.05) is 23.8 Å². The summed E-state index contributed by atoms with van der Waals surface area (Å²) < 4.78 is 5.46. The summed E-state index contributed by atoms with van der Waals surface area (Å²) >= 11 is 0. The minimum Gasteiger partial charge on any atom is -0.430 e. The number of amides is 1. The van der Waals surface area contributed by atoms with Crippen LogP contribution in [0.3, 0.4) is 0 Å². The lowest BCUT2D eigenvalue weighted by molar-refractivity contribution is -0.136. The summed E-state index contributed by atoms with van der Waals surface area (Å²) in [6.07, 6.45) is 3.13. The number of hydrogen-bond donors (Lipinski definition) is 0. The molecule has 1 aliphatic heterocycles. The monoisotopic (exact) mass is 381 g/mol. The highest BCUT2D eigenvalue weighted by Gasteiger charge is 2.34. The molecule has 0 radical (unpaired) electrons. The molecule has 0 N–H and O–H groups in total. The van der Waals surface area contributed by atoms with Crippen LogP contribution in [0.25, 0.3) is 5.57 Å². The molecule has 1 aliphatic carbocycles. The summed E-state index contributed by atoms with van der Waals surface area (Å²) in [7, 11) is 0. The van der Waals surface area contributed by atoms with Gasteiger partial charge in [0.05, 0.1) is 5.57 Å². The van der Waals surface area contributed by atoms with Crippen molar-refractivity contribution in [1.82, 2.24) is 4.90 Å². The molecule has 0 aromatic heterocycles. The highest BCUT2D eigenvalue weighted by atomic mass is 16.5. The molecule has 3 rings (SSSR count). The minimum atomic E-state index is -0.424. The third kappa shape index (κ3) is 3.93. The second-order valence-electron chi connectivity index (χ2n) is 7.88. The maximum atomic E-state index is 13.3.